The van der Waals surface area contributed by atoms with Gasteiger partial charge in [-0.15, -0.1) is 0 Å². The summed E-state index contributed by atoms with van der Waals surface area (Å²) in [6, 6.07) is 0. The molecule has 6 heteroatoms. The second kappa shape index (κ2) is 6.26. The molecule has 1 saturated heterocycles. The first-order valence-corrected chi connectivity index (χ1v) is 7.89. The Hall–Kier alpha value is -0.880. The van der Waals surface area contributed by atoms with Gasteiger partial charge in [0.15, 0.2) is 0 Å². The summed E-state index contributed by atoms with van der Waals surface area (Å²) in [6.07, 6.45) is 3.73. The van der Waals surface area contributed by atoms with Gasteiger partial charge < -0.3 is 15.2 Å². The smallest absolute Gasteiger partial charge is 0.267 e. The van der Waals surface area contributed by atoms with Gasteiger partial charge in [0.1, 0.15) is 10.3 Å². The summed E-state index contributed by atoms with van der Waals surface area (Å²) in [7, 11) is 0. The highest BCUT2D eigenvalue weighted by Gasteiger charge is 2.23. The number of aromatic nitrogens is 2. The topological polar surface area (TPSA) is 61.0 Å². The first-order valence-electron chi connectivity index (χ1n) is 7.10. The normalized spacial score (nSPS) is 17.5. The third-order valence-corrected chi connectivity index (χ3v) is 4.33. The molecule has 0 radical (unpaired) electrons. The molecular weight excluding hydrogens is 320 g/mol. The van der Waals surface area contributed by atoms with E-state index in [-0.39, 0.29) is 11.1 Å². The van der Waals surface area contributed by atoms with Gasteiger partial charge in [-0.3, -0.25) is 4.79 Å². The molecule has 0 spiro atoms. The fourth-order valence-corrected chi connectivity index (χ4v) is 2.86. The molecule has 0 bridgehead atoms. The number of aromatic amines is 1. The molecule has 0 unspecified atom stereocenters. The Morgan fingerprint density at radius 2 is 2.10 bits per heavy atom. The highest BCUT2D eigenvalue weighted by atomic mass is 79.9. The maximum atomic E-state index is 11.6. The van der Waals surface area contributed by atoms with E-state index in [1.165, 1.54) is 6.33 Å². The number of H-pyrrole nitrogens is 1. The van der Waals surface area contributed by atoms with Crippen molar-refractivity contribution in [3.05, 3.63) is 21.2 Å². The summed E-state index contributed by atoms with van der Waals surface area (Å²) in [6.45, 7) is 9.54. The number of hydrogen-bond donors (Lipinski definition) is 2. The second-order valence-electron chi connectivity index (χ2n) is 6.43. The van der Waals surface area contributed by atoms with Crippen LogP contribution in [0.1, 0.15) is 33.6 Å². The van der Waals surface area contributed by atoms with Crippen LogP contribution in [0.5, 0.6) is 0 Å². The summed E-state index contributed by atoms with van der Waals surface area (Å²) in [5, 5.41) is 3.57. The van der Waals surface area contributed by atoms with Crippen LogP contribution in [0, 0.1) is 5.92 Å². The predicted octanol–water partition coefficient (Wildman–Crippen LogP) is 2.14. The van der Waals surface area contributed by atoms with Crippen LogP contribution < -0.4 is 15.8 Å². The van der Waals surface area contributed by atoms with Gasteiger partial charge >= 0.3 is 0 Å². The van der Waals surface area contributed by atoms with Crippen LogP contribution in [0.4, 0.5) is 5.82 Å². The second-order valence-corrected chi connectivity index (χ2v) is 7.22. The predicted molar refractivity (Wildman–Crippen MR) is 85.3 cm³/mol. The van der Waals surface area contributed by atoms with Gasteiger partial charge in [0.25, 0.3) is 5.56 Å². The lowest BCUT2D eigenvalue weighted by molar-refractivity contribution is 0.328. The minimum absolute atomic E-state index is 0.119. The van der Waals surface area contributed by atoms with Crippen molar-refractivity contribution in [2.45, 2.75) is 39.2 Å². The average Bonchev–Trinajstić information content (AvgIpc) is 2.40. The molecule has 0 atom stereocenters. The van der Waals surface area contributed by atoms with Crippen molar-refractivity contribution in [2.75, 3.05) is 24.5 Å². The van der Waals surface area contributed by atoms with E-state index in [0.717, 1.165) is 38.3 Å². The summed E-state index contributed by atoms with van der Waals surface area (Å²) in [5.74, 6) is 1.46. The Balaban J connectivity index is 1.91. The van der Waals surface area contributed by atoms with Gasteiger partial charge in [-0.2, -0.15) is 0 Å². The van der Waals surface area contributed by atoms with Crippen LogP contribution in [0.2, 0.25) is 0 Å². The summed E-state index contributed by atoms with van der Waals surface area (Å²) >= 11 is 3.33. The molecule has 2 heterocycles. The Labute approximate surface area is 128 Å². The van der Waals surface area contributed by atoms with E-state index in [1.54, 1.807) is 0 Å². The largest absolute Gasteiger partial charge is 0.355 e. The maximum absolute atomic E-state index is 11.6. The lowest BCUT2D eigenvalue weighted by Gasteiger charge is -2.34. The van der Waals surface area contributed by atoms with Crippen LogP contribution in [-0.4, -0.2) is 35.1 Å². The Bertz CT molecular complexity index is 501. The van der Waals surface area contributed by atoms with E-state index < -0.39 is 0 Å². The van der Waals surface area contributed by atoms with Crippen molar-refractivity contribution in [3.63, 3.8) is 0 Å². The van der Waals surface area contributed by atoms with Crippen LogP contribution in [0.25, 0.3) is 0 Å². The molecule has 1 aromatic heterocycles. The minimum Gasteiger partial charge on any atom is -0.355 e. The number of anilines is 1. The molecule has 2 N–H and O–H groups in total. The molecule has 112 valence electrons. The number of rotatable bonds is 3. The van der Waals surface area contributed by atoms with Gasteiger partial charge in [0.2, 0.25) is 0 Å². The molecule has 0 aliphatic carbocycles. The summed E-state index contributed by atoms with van der Waals surface area (Å²) < 4.78 is 0.534. The average molecular weight is 343 g/mol. The van der Waals surface area contributed by atoms with Crippen molar-refractivity contribution in [3.8, 4) is 0 Å². The standard InChI is InChI=1S/C14H23BrN4O/c1-14(2,3)18-8-10-4-6-19(7-5-10)12-11(15)13(20)17-9-16-12/h9-10,18H,4-8H2,1-3H3,(H,16,17,20). The Morgan fingerprint density at radius 3 is 2.70 bits per heavy atom. The van der Waals surface area contributed by atoms with Crippen molar-refractivity contribution < 1.29 is 0 Å². The SMILES string of the molecule is CC(C)(C)NCC1CCN(c2nc[nH]c(=O)c2Br)CC1. The number of nitrogens with zero attached hydrogens (tertiary/aromatic N) is 2. The van der Waals surface area contributed by atoms with Gasteiger partial charge in [0, 0.05) is 18.6 Å². The highest BCUT2D eigenvalue weighted by molar-refractivity contribution is 9.10. The Morgan fingerprint density at radius 1 is 1.45 bits per heavy atom. The quantitative estimate of drug-likeness (QED) is 0.883. The zero-order chi connectivity index (χ0) is 14.8. The first-order chi connectivity index (χ1) is 9.37. The molecule has 1 aliphatic rings. The zero-order valence-corrected chi connectivity index (χ0v) is 14.0. The van der Waals surface area contributed by atoms with Crippen LogP contribution in [0.15, 0.2) is 15.6 Å². The third-order valence-electron chi connectivity index (χ3n) is 3.61. The molecule has 20 heavy (non-hydrogen) atoms. The van der Waals surface area contributed by atoms with Crippen molar-refractivity contribution in [2.24, 2.45) is 5.92 Å². The van der Waals surface area contributed by atoms with Gasteiger partial charge in [-0.1, -0.05) is 0 Å². The van der Waals surface area contributed by atoms with E-state index in [2.05, 4.69) is 56.9 Å². The first kappa shape index (κ1) is 15.5. The molecule has 1 aliphatic heterocycles. The molecule has 2 rings (SSSR count). The summed E-state index contributed by atoms with van der Waals surface area (Å²) in [4.78, 5) is 20.6. The van der Waals surface area contributed by atoms with Crippen LogP contribution in [-0.2, 0) is 0 Å². The monoisotopic (exact) mass is 342 g/mol. The third kappa shape index (κ3) is 4.06. The van der Waals surface area contributed by atoms with E-state index in [1.807, 2.05) is 0 Å². The molecule has 0 amide bonds. The maximum Gasteiger partial charge on any atom is 0.267 e. The van der Waals surface area contributed by atoms with Crippen LogP contribution in [0.3, 0.4) is 0 Å². The molecular formula is C14H23BrN4O. The zero-order valence-electron chi connectivity index (χ0n) is 12.4. The number of piperidine rings is 1. The molecule has 1 aromatic rings. The van der Waals surface area contributed by atoms with Crippen molar-refractivity contribution in [1.29, 1.82) is 0 Å². The minimum atomic E-state index is -0.119. The number of hydrogen-bond acceptors (Lipinski definition) is 4. The van der Waals surface area contributed by atoms with E-state index in [9.17, 15) is 4.79 Å². The molecule has 5 nitrogen and oxygen atoms in total. The molecule has 0 aromatic carbocycles. The highest BCUT2D eigenvalue weighted by Crippen LogP contribution is 2.25. The van der Waals surface area contributed by atoms with E-state index in [0.29, 0.717) is 10.4 Å². The number of nitrogens with one attached hydrogen (secondary N) is 2. The fourth-order valence-electron chi connectivity index (χ4n) is 2.39. The van der Waals surface area contributed by atoms with Gasteiger partial charge in [-0.25, -0.2) is 4.98 Å². The van der Waals surface area contributed by atoms with E-state index >= 15 is 0 Å². The van der Waals surface area contributed by atoms with Crippen molar-refractivity contribution in [1.82, 2.24) is 15.3 Å². The lowest BCUT2D eigenvalue weighted by atomic mass is 9.95. The van der Waals surface area contributed by atoms with Gasteiger partial charge in [-0.05, 0) is 62.0 Å². The lowest BCUT2D eigenvalue weighted by Crippen LogP contribution is -2.43. The van der Waals surface area contributed by atoms with Crippen LogP contribution >= 0.6 is 15.9 Å². The summed E-state index contributed by atoms with van der Waals surface area (Å²) in [5.41, 5.74) is 0.0561. The van der Waals surface area contributed by atoms with Crippen molar-refractivity contribution >= 4 is 21.7 Å². The number of halogens is 1. The molecule has 0 saturated carbocycles. The fraction of sp³-hybridized carbons (Fsp3) is 0.714. The van der Waals surface area contributed by atoms with Gasteiger partial charge in [0.05, 0.1) is 6.33 Å². The van der Waals surface area contributed by atoms with E-state index in [4.69, 9.17) is 0 Å². The Kier molecular flexibility index (Phi) is 4.86. The molecule has 1 fully saturated rings.